The number of rotatable bonds is 7. The van der Waals surface area contributed by atoms with Crippen molar-refractivity contribution in [3.63, 3.8) is 0 Å². The second-order valence-corrected chi connectivity index (χ2v) is 5.30. The third-order valence-corrected chi connectivity index (χ3v) is 3.63. The minimum Gasteiger partial charge on any atom is -0.465 e. The van der Waals surface area contributed by atoms with Gasteiger partial charge in [-0.1, -0.05) is 60.7 Å². The van der Waals surface area contributed by atoms with E-state index in [9.17, 15) is 4.79 Å². The summed E-state index contributed by atoms with van der Waals surface area (Å²) in [6.45, 7) is 5.59. The molecule has 0 spiro atoms. The topological polar surface area (TPSA) is 29.5 Å². The fraction of sp³-hybridized carbons (Fsp3) is 0.316. The van der Waals surface area contributed by atoms with Gasteiger partial charge in [0.2, 0.25) is 0 Å². The summed E-state index contributed by atoms with van der Waals surface area (Å²) in [4.78, 5) is 14.2. The van der Waals surface area contributed by atoms with Crippen LogP contribution in [0.25, 0.3) is 0 Å². The molecule has 0 unspecified atom stereocenters. The van der Waals surface area contributed by atoms with Crippen molar-refractivity contribution in [3.05, 3.63) is 71.8 Å². The van der Waals surface area contributed by atoms with Crippen LogP contribution in [0.5, 0.6) is 0 Å². The molecule has 0 amide bonds. The molecule has 0 N–H and O–H groups in total. The SMILES string of the molecule is CCOC(=O)[C@H](C)N(Cc1ccccc1)Cc1ccccc1. The van der Waals surface area contributed by atoms with Crippen LogP contribution in [0.4, 0.5) is 0 Å². The van der Waals surface area contributed by atoms with Gasteiger partial charge in [-0.3, -0.25) is 9.69 Å². The second-order valence-electron chi connectivity index (χ2n) is 5.30. The van der Waals surface area contributed by atoms with E-state index in [2.05, 4.69) is 29.2 Å². The molecular formula is C19H23NO2. The van der Waals surface area contributed by atoms with Gasteiger partial charge < -0.3 is 4.74 Å². The number of hydrogen-bond acceptors (Lipinski definition) is 3. The molecule has 0 saturated heterocycles. The van der Waals surface area contributed by atoms with Crippen LogP contribution >= 0.6 is 0 Å². The van der Waals surface area contributed by atoms with Crippen LogP contribution in [0.2, 0.25) is 0 Å². The minimum absolute atomic E-state index is 0.172. The summed E-state index contributed by atoms with van der Waals surface area (Å²) in [6.07, 6.45) is 0. The zero-order valence-electron chi connectivity index (χ0n) is 13.2. The fourth-order valence-electron chi connectivity index (χ4n) is 2.38. The van der Waals surface area contributed by atoms with Crippen LogP contribution in [0.1, 0.15) is 25.0 Å². The van der Waals surface area contributed by atoms with Crippen molar-refractivity contribution in [3.8, 4) is 0 Å². The van der Waals surface area contributed by atoms with E-state index in [1.807, 2.05) is 50.2 Å². The third-order valence-electron chi connectivity index (χ3n) is 3.63. The quantitative estimate of drug-likeness (QED) is 0.731. The maximum Gasteiger partial charge on any atom is 0.323 e. The van der Waals surface area contributed by atoms with Crippen LogP contribution in [0, 0.1) is 0 Å². The maximum atomic E-state index is 12.1. The highest BCUT2D eigenvalue weighted by Gasteiger charge is 2.22. The molecular weight excluding hydrogens is 274 g/mol. The standard InChI is InChI=1S/C19H23NO2/c1-3-22-19(21)16(2)20(14-17-10-6-4-7-11-17)15-18-12-8-5-9-13-18/h4-13,16H,3,14-15H2,1-2H3/t16-/m0/s1. The van der Waals surface area contributed by atoms with Crippen molar-refractivity contribution >= 4 is 5.97 Å². The summed E-state index contributed by atoms with van der Waals surface area (Å²) >= 11 is 0. The molecule has 0 heterocycles. The van der Waals surface area contributed by atoms with Crippen molar-refractivity contribution in [1.29, 1.82) is 0 Å². The summed E-state index contributed by atoms with van der Waals surface area (Å²) in [5.74, 6) is -0.172. The summed E-state index contributed by atoms with van der Waals surface area (Å²) in [5.41, 5.74) is 2.38. The molecule has 1 atom stereocenters. The number of carbonyl (C=O) groups is 1. The van der Waals surface area contributed by atoms with E-state index in [4.69, 9.17) is 4.74 Å². The number of carbonyl (C=O) groups excluding carboxylic acids is 1. The van der Waals surface area contributed by atoms with Gasteiger partial charge in [0.15, 0.2) is 0 Å². The van der Waals surface area contributed by atoms with Crippen LogP contribution in [0.3, 0.4) is 0 Å². The molecule has 116 valence electrons. The van der Waals surface area contributed by atoms with Gasteiger partial charge in [0, 0.05) is 13.1 Å². The van der Waals surface area contributed by atoms with Crippen molar-refractivity contribution in [2.45, 2.75) is 33.0 Å². The van der Waals surface area contributed by atoms with Gasteiger partial charge in [0.1, 0.15) is 6.04 Å². The summed E-state index contributed by atoms with van der Waals surface area (Å²) in [7, 11) is 0. The number of hydrogen-bond donors (Lipinski definition) is 0. The fourth-order valence-corrected chi connectivity index (χ4v) is 2.38. The predicted octanol–water partition coefficient (Wildman–Crippen LogP) is 3.64. The second kappa shape index (κ2) is 8.35. The smallest absolute Gasteiger partial charge is 0.323 e. The van der Waals surface area contributed by atoms with E-state index >= 15 is 0 Å². The van der Waals surface area contributed by atoms with Crippen molar-refractivity contribution in [2.75, 3.05) is 6.61 Å². The summed E-state index contributed by atoms with van der Waals surface area (Å²) in [5, 5.41) is 0. The molecule has 0 aromatic heterocycles. The first-order valence-corrected chi connectivity index (χ1v) is 7.69. The Hall–Kier alpha value is -2.13. The molecule has 2 rings (SSSR count). The largest absolute Gasteiger partial charge is 0.465 e. The zero-order valence-corrected chi connectivity index (χ0v) is 13.2. The molecule has 0 aliphatic rings. The average Bonchev–Trinajstić information content (AvgIpc) is 2.56. The van der Waals surface area contributed by atoms with E-state index in [1.165, 1.54) is 11.1 Å². The van der Waals surface area contributed by atoms with E-state index in [1.54, 1.807) is 0 Å². The Labute approximate surface area is 132 Å². The highest BCUT2D eigenvalue weighted by molar-refractivity contribution is 5.75. The lowest BCUT2D eigenvalue weighted by Gasteiger charge is -2.27. The Bertz CT molecular complexity index is 527. The Morgan fingerprint density at radius 2 is 1.41 bits per heavy atom. The van der Waals surface area contributed by atoms with E-state index in [0.29, 0.717) is 6.61 Å². The van der Waals surface area contributed by atoms with E-state index in [0.717, 1.165) is 13.1 Å². The maximum absolute atomic E-state index is 12.1. The Morgan fingerprint density at radius 1 is 0.955 bits per heavy atom. The van der Waals surface area contributed by atoms with Crippen LogP contribution in [-0.2, 0) is 22.6 Å². The van der Waals surface area contributed by atoms with Crippen LogP contribution in [-0.4, -0.2) is 23.5 Å². The van der Waals surface area contributed by atoms with Gasteiger partial charge in [0.25, 0.3) is 0 Å². The average molecular weight is 297 g/mol. The number of nitrogens with zero attached hydrogens (tertiary/aromatic N) is 1. The summed E-state index contributed by atoms with van der Waals surface area (Å²) in [6, 6.07) is 20.1. The predicted molar refractivity (Wildman–Crippen MR) is 88.2 cm³/mol. The molecule has 3 nitrogen and oxygen atoms in total. The van der Waals surface area contributed by atoms with Crippen LogP contribution < -0.4 is 0 Å². The first kappa shape index (κ1) is 16.2. The summed E-state index contributed by atoms with van der Waals surface area (Å²) < 4.78 is 5.18. The minimum atomic E-state index is -0.277. The highest BCUT2D eigenvalue weighted by atomic mass is 16.5. The van der Waals surface area contributed by atoms with Crippen molar-refractivity contribution in [2.24, 2.45) is 0 Å². The molecule has 2 aromatic rings. The number of ether oxygens (including phenoxy) is 1. The molecule has 22 heavy (non-hydrogen) atoms. The van der Waals surface area contributed by atoms with Crippen LogP contribution in [0.15, 0.2) is 60.7 Å². The lowest BCUT2D eigenvalue weighted by molar-refractivity contribution is -0.149. The molecule has 0 aliphatic carbocycles. The molecule has 3 heteroatoms. The molecule has 0 saturated carbocycles. The zero-order chi connectivity index (χ0) is 15.8. The molecule has 2 aromatic carbocycles. The molecule has 0 radical (unpaired) electrons. The first-order chi connectivity index (χ1) is 10.7. The lowest BCUT2D eigenvalue weighted by Crippen LogP contribution is -2.39. The molecule has 0 bridgehead atoms. The Balaban J connectivity index is 2.14. The van der Waals surface area contributed by atoms with Crippen molar-refractivity contribution in [1.82, 2.24) is 4.90 Å². The molecule has 0 fully saturated rings. The van der Waals surface area contributed by atoms with Gasteiger partial charge >= 0.3 is 5.97 Å². The number of esters is 1. The van der Waals surface area contributed by atoms with Gasteiger partial charge in [-0.05, 0) is 25.0 Å². The van der Waals surface area contributed by atoms with Crippen molar-refractivity contribution < 1.29 is 9.53 Å². The Kier molecular flexibility index (Phi) is 6.16. The lowest BCUT2D eigenvalue weighted by atomic mass is 10.1. The van der Waals surface area contributed by atoms with Gasteiger partial charge in [-0.25, -0.2) is 0 Å². The molecule has 0 aliphatic heterocycles. The van der Waals surface area contributed by atoms with Gasteiger partial charge in [-0.15, -0.1) is 0 Å². The van der Waals surface area contributed by atoms with Gasteiger partial charge in [0.05, 0.1) is 6.61 Å². The highest BCUT2D eigenvalue weighted by Crippen LogP contribution is 2.14. The third kappa shape index (κ3) is 4.71. The first-order valence-electron chi connectivity index (χ1n) is 7.69. The number of benzene rings is 2. The van der Waals surface area contributed by atoms with Gasteiger partial charge in [-0.2, -0.15) is 0 Å². The Morgan fingerprint density at radius 3 is 1.82 bits per heavy atom. The monoisotopic (exact) mass is 297 g/mol. The van der Waals surface area contributed by atoms with E-state index < -0.39 is 0 Å². The normalized spacial score (nSPS) is 12.1. The van der Waals surface area contributed by atoms with E-state index in [-0.39, 0.29) is 12.0 Å².